The van der Waals surface area contributed by atoms with Gasteiger partial charge in [-0.2, -0.15) is 0 Å². The summed E-state index contributed by atoms with van der Waals surface area (Å²) in [7, 11) is 0. The number of nitrogens with zero attached hydrogens (tertiary/aromatic N) is 2. The topological polar surface area (TPSA) is 77.8 Å². The summed E-state index contributed by atoms with van der Waals surface area (Å²) in [5.41, 5.74) is 17.2. The number of benzene rings is 4. The molecular weight excluding hydrogens is 432 g/mol. The van der Waals surface area contributed by atoms with Gasteiger partial charge in [-0.1, -0.05) is 24.3 Å². The minimum absolute atomic E-state index is 0.782. The van der Waals surface area contributed by atoms with Gasteiger partial charge in [-0.25, -0.2) is 9.97 Å². The zero-order valence-electron chi connectivity index (χ0n) is 17.1. The van der Waals surface area contributed by atoms with Crippen LogP contribution < -0.4 is 11.5 Å². The van der Waals surface area contributed by atoms with Crippen molar-refractivity contribution >= 4 is 54.5 Å². The third-order valence-corrected chi connectivity index (χ3v) is 7.07. The molecule has 156 valence electrons. The van der Waals surface area contributed by atoms with Crippen molar-refractivity contribution in [3.63, 3.8) is 0 Å². The second kappa shape index (κ2) is 8.78. The average molecular weight is 453 g/mol. The molecule has 0 aliphatic heterocycles. The van der Waals surface area contributed by atoms with Gasteiger partial charge in [0, 0.05) is 22.5 Å². The van der Waals surface area contributed by atoms with Crippen LogP contribution in [0.25, 0.3) is 41.6 Å². The van der Waals surface area contributed by atoms with Crippen LogP contribution in [0, 0.1) is 0 Å². The molecular formula is C26H20N4S2. The number of rotatable bonds is 2. The van der Waals surface area contributed by atoms with Crippen molar-refractivity contribution in [1.29, 1.82) is 0 Å². The zero-order valence-corrected chi connectivity index (χ0v) is 18.7. The SMILES string of the molecule is Nc1ccc(-c2nc3ccccc3s2)cc1.Nc1ccc(-c2nc3ccccc3s2)cc1. The van der Waals surface area contributed by atoms with Crippen molar-refractivity contribution < 1.29 is 0 Å². The molecule has 0 amide bonds. The first-order chi connectivity index (χ1) is 15.7. The van der Waals surface area contributed by atoms with Crippen molar-refractivity contribution in [2.75, 3.05) is 11.5 Å². The third kappa shape index (κ3) is 4.32. The zero-order chi connectivity index (χ0) is 21.9. The van der Waals surface area contributed by atoms with E-state index in [1.165, 1.54) is 9.40 Å². The highest BCUT2D eigenvalue weighted by Crippen LogP contribution is 2.31. The largest absolute Gasteiger partial charge is 0.399 e. The summed E-state index contributed by atoms with van der Waals surface area (Å²) in [5, 5.41) is 2.09. The Balaban J connectivity index is 0.000000135. The Hall–Kier alpha value is -3.74. The van der Waals surface area contributed by atoms with Crippen LogP contribution in [-0.2, 0) is 0 Å². The number of para-hydroxylation sites is 2. The first-order valence-corrected chi connectivity index (χ1v) is 11.7. The van der Waals surface area contributed by atoms with Crippen LogP contribution in [0.4, 0.5) is 11.4 Å². The molecule has 2 heterocycles. The molecule has 0 unspecified atom stereocenters. The molecule has 0 radical (unpaired) electrons. The minimum atomic E-state index is 0.782. The minimum Gasteiger partial charge on any atom is -0.399 e. The number of thiazole rings is 2. The van der Waals surface area contributed by atoms with Crippen LogP contribution in [0.3, 0.4) is 0 Å². The lowest BCUT2D eigenvalue weighted by molar-refractivity contribution is 1.48. The molecule has 0 aliphatic rings. The summed E-state index contributed by atoms with van der Waals surface area (Å²) in [4.78, 5) is 9.18. The maximum Gasteiger partial charge on any atom is 0.124 e. The Morgan fingerprint density at radius 1 is 0.469 bits per heavy atom. The summed E-state index contributed by atoms with van der Waals surface area (Å²) >= 11 is 3.41. The van der Waals surface area contributed by atoms with Gasteiger partial charge in [0.2, 0.25) is 0 Å². The molecule has 4 N–H and O–H groups in total. The lowest BCUT2D eigenvalue weighted by Crippen LogP contribution is -1.83. The molecule has 0 spiro atoms. The smallest absolute Gasteiger partial charge is 0.124 e. The van der Waals surface area contributed by atoms with E-state index in [2.05, 4.69) is 22.1 Å². The molecule has 6 aromatic rings. The monoisotopic (exact) mass is 452 g/mol. The summed E-state index contributed by atoms with van der Waals surface area (Å²) in [6, 6.07) is 32.0. The standard InChI is InChI=1S/2C13H10N2S/c2*14-10-7-5-9(6-8-10)13-15-11-3-1-2-4-12(11)16-13/h2*1-8H,14H2. The number of aromatic nitrogens is 2. The Labute approximate surface area is 193 Å². The predicted octanol–water partition coefficient (Wildman–Crippen LogP) is 7.09. The van der Waals surface area contributed by atoms with Crippen molar-refractivity contribution in [2.45, 2.75) is 0 Å². The first kappa shape index (κ1) is 20.2. The molecule has 32 heavy (non-hydrogen) atoms. The van der Waals surface area contributed by atoms with E-state index in [1.54, 1.807) is 22.7 Å². The van der Waals surface area contributed by atoms with E-state index in [1.807, 2.05) is 84.9 Å². The molecule has 0 bridgehead atoms. The molecule has 4 aromatic carbocycles. The molecule has 0 atom stereocenters. The van der Waals surface area contributed by atoms with E-state index in [0.29, 0.717) is 0 Å². The number of nitrogens with two attached hydrogens (primary N) is 2. The lowest BCUT2D eigenvalue weighted by Gasteiger charge is -1.95. The Morgan fingerprint density at radius 3 is 1.22 bits per heavy atom. The van der Waals surface area contributed by atoms with E-state index >= 15 is 0 Å². The fraction of sp³-hybridized carbons (Fsp3) is 0. The maximum absolute atomic E-state index is 5.66. The van der Waals surface area contributed by atoms with Crippen LogP contribution in [0.5, 0.6) is 0 Å². The van der Waals surface area contributed by atoms with E-state index in [-0.39, 0.29) is 0 Å². The van der Waals surface area contributed by atoms with Crippen LogP contribution in [0.2, 0.25) is 0 Å². The van der Waals surface area contributed by atoms with Gasteiger partial charge in [0.05, 0.1) is 20.4 Å². The number of hydrogen-bond acceptors (Lipinski definition) is 6. The van der Waals surface area contributed by atoms with E-state index in [9.17, 15) is 0 Å². The van der Waals surface area contributed by atoms with E-state index < -0.39 is 0 Å². The first-order valence-electron chi connectivity index (χ1n) is 10.1. The Kier molecular flexibility index (Phi) is 5.54. The van der Waals surface area contributed by atoms with Gasteiger partial charge in [-0.3, -0.25) is 0 Å². The van der Waals surface area contributed by atoms with Crippen molar-refractivity contribution in [3.8, 4) is 21.1 Å². The van der Waals surface area contributed by atoms with Crippen LogP contribution >= 0.6 is 22.7 Å². The second-order valence-corrected chi connectivity index (χ2v) is 9.28. The van der Waals surface area contributed by atoms with Crippen molar-refractivity contribution in [1.82, 2.24) is 9.97 Å². The van der Waals surface area contributed by atoms with Gasteiger partial charge in [0.25, 0.3) is 0 Å². The Bertz CT molecular complexity index is 1300. The summed E-state index contributed by atoms with van der Waals surface area (Å²) in [6.45, 7) is 0. The quantitative estimate of drug-likeness (QED) is 0.275. The third-order valence-electron chi connectivity index (χ3n) is 4.90. The van der Waals surface area contributed by atoms with Gasteiger partial charge in [0.1, 0.15) is 10.0 Å². The Morgan fingerprint density at radius 2 is 0.844 bits per heavy atom. The number of nitrogen functional groups attached to an aromatic ring is 2. The average Bonchev–Trinajstić information content (AvgIpc) is 3.45. The number of hydrogen-bond donors (Lipinski definition) is 2. The summed E-state index contributed by atoms with van der Waals surface area (Å²) in [5.74, 6) is 0. The summed E-state index contributed by atoms with van der Waals surface area (Å²) < 4.78 is 2.43. The highest BCUT2D eigenvalue weighted by molar-refractivity contribution is 7.22. The van der Waals surface area contributed by atoms with Gasteiger partial charge in [-0.15, -0.1) is 22.7 Å². The van der Waals surface area contributed by atoms with Crippen LogP contribution in [0.15, 0.2) is 97.1 Å². The molecule has 2 aromatic heterocycles. The number of anilines is 2. The van der Waals surface area contributed by atoms with E-state index in [0.717, 1.165) is 43.6 Å². The van der Waals surface area contributed by atoms with Crippen LogP contribution in [-0.4, -0.2) is 9.97 Å². The van der Waals surface area contributed by atoms with Crippen LogP contribution in [0.1, 0.15) is 0 Å². The van der Waals surface area contributed by atoms with Gasteiger partial charge in [0.15, 0.2) is 0 Å². The normalized spacial score (nSPS) is 10.8. The predicted molar refractivity (Wildman–Crippen MR) is 139 cm³/mol. The molecule has 4 nitrogen and oxygen atoms in total. The second-order valence-electron chi connectivity index (χ2n) is 7.22. The van der Waals surface area contributed by atoms with Gasteiger partial charge in [-0.05, 0) is 72.8 Å². The lowest BCUT2D eigenvalue weighted by atomic mass is 10.2. The number of fused-ring (bicyclic) bond motifs is 2. The van der Waals surface area contributed by atoms with Crippen molar-refractivity contribution in [3.05, 3.63) is 97.1 Å². The van der Waals surface area contributed by atoms with Gasteiger partial charge < -0.3 is 11.5 Å². The highest BCUT2D eigenvalue weighted by Gasteiger charge is 2.06. The molecule has 6 rings (SSSR count). The molecule has 0 fully saturated rings. The molecule has 6 heteroatoms. The van der Waals surface area contributed by atoms with E-state index in [4.69, 9.17) is 11.5 Å². The highest BCUT2D eigenvalue weighted by atomic mass is 32.1. The fourth-order valence-corrected chi connectivity index (χ4v) is 5.18. The summed E-state index contributed by atoms with van der Waals surface area (Å²) in [6.07, 6.45) is 0. The molecule has 0 saturated carbocycles. The molecule has 0 saturated heterocycles. The molecule has 0 aliphatic carbocycles. The fourth-order valence-electron chi connectivity index (χ4n) is 3.24. The van der Waals surface area contributed by atoms with Gasteiger partial charge >= 0.3 is 0 Å². The van der Waals surface area contributed by atoms with Crippen molar-refractivity contribution in [2.24, 2.45) is 0 Å². The maximum atomic E-state index is 5.66.